The summed E-state index contributed by atoms with van der Waals surface area (Å²) in [4.78, 5) is 14.8. The van der Waals surface area contributed by atoms with E-state index in [4.69, 9.17) is 9.84 Å². The van der Waals surface area contributed by atoms with E-state index in [0.29, 0.717) is 0 Å². The molecule has 2 rings (SSSR count). The second-order valence-electron chi connectivity index (χ2n) is 4.04. The second-order valence-corrected chi connectivity index (χ2v) is 6.05. The van der Waals surface area contributed by atoms with Crippen molar-refractivity contribution in [1.29, 1.82) is 0 Å². The van der Waals surface area contributed by atoms with Gasteiger partial charge >= 0.3 is 5.97 Å². The fourth-order valence-corrected chi connectivity index (χ4v) is 2.14. The van der Waals surface area contributed by atoms with Crippen molar-refractivity contribution < 1.29 is 23.1 Å². The van der Waals surface area contributed by atoms with Crippen molar-refractivity contribution in [2.75, 3.05) is 6.26 Å². The number of carboxylic acid groups (broad SMARTS) is 1. The molecule has 7 heteroatoms. The molecule has 104 valence electrons. The van der Waals surface area contributed by atoms with E-state index >= 15 is 0 Å². The SMILES string of the molecule is CS(=O)(=O)c1cccc(Oc2cc(C(=O)O)ccn2)c1. The number of rotatable bonds is 4. The summed E-state index contributed by atoms with van der Waals surface area (Å²) in [6, 6.07) is 8.49. The number of nitrogens with zero attached hydrogens (tertiary/aromatic N) is 1. The van der Waals surface area contributed by atoms with E-state index in [-0.39, 0.29) is 22.1 Å². The van der Waals surface area contributed by atoms with Crippen LogP contribution in [-0.4, -0.2) is 30.7 Å². The minimum atomic E-state index is -3.33. The fourth-order valence-electron chi connectivity index (χ4n) is 1.49. The van der Waals surface area contributed by atoms with Gasteiger partial charge in [-0.15, -0.1) is 0 Å². The minimum absolute atomic E-state index is 0.0364. The number of hydrogen-bond acceptors (Lipinski definition) is 5. The molecule has 1 aromatic heterocycles. The van der Waals surface area contributed by atoms with E-state index in [1.165, 1.54) is 36.5 Å². The number of sulfone groups is 1. The van der Waals surface area contributed by atoms with Gasteiger partial charge in [-0.25, -0.2) is 18.2 Å². The van der Waals surface area contributed by atoms with Crippen LogP contribution in [0.25, 0.3) is 0 Å². The first kappa shape index (κ1) is 14.0. The van der Waals surface area contributed by atoms with Gasteiger partial charge in [-0.05, 0) is 24.3 Å². The molecule has 0 unspecified atom stereocenters. The molecule has 0 atom stereocenters. The largest absolute Gasteiger partial charge is 0.478 e. The average Bonchev–Trinajstić information content (AvgIpc) is 2.38. The zero-order chi connectivity index (χ0) is 14.8. The first-order chi connectivity index (χ1) is 9.36. The summed E-state index contributed by atoms with van der Waals surface area (Å²) in [5.74, 6) is -0.749. The number of hydrogen-bond donors (Lipinski definition) is 1. The van der Waals surface area contributed by atoms with Gasteiger partial charge in [0.05, 0.1) is 10.5 Å². The highest BCUT2D eigenvalue weighted by Crippen LogP contribution is 2.23. The number of carbonyl (C=O) groups is 1. The Balaban J connectivity index is 2.31. The normalized spacial score (nSPS) is 11.1. The summed E-state index contributed by atoms with van der Waals surface area (Å²) in [6.07, 6.45) is 2.40. The van der Waals surface area contributed by atoms with Crippen LogP contribution >= 0.6 is 0 Å². The summed E-state index contributed by atoms with van der Waals surface area (Å²) < 4.78 is 28.2. The van der Waals surface area contributed by atoms with Gasteiger partial charge in [0.15, 0.2) is 9.84 Å². The van der Waals surface area contributed by atoms with E-state index in [1.54, 1.807) is 6.07 Å². The molecule has 0 saturated carbocycles. The second kappa shape index (κ2) is 5.30. The Morgan fingerprint density at radius 1 is 1.25 bits per heavy atom. The fraction of sp³-hybridized carbons (Fsp3) is 0.0769. The van der Waals surface area contributed by atoms with Crippen molar-refractivity contribution in [3.8, 4) is 11.6 Å². The first-order valence-corrected chi connectivity index (χ1v) is 7.43. The Labute approximate surface area is 115 Å². The van der Waals surface area contributed by atoms with Crippen LogP contribution in [0.3, 0.4) is 0 Å². The lowest BCUT2D eigenvalue weighted by Gasteiger charge is -2.06. The quantitative estimate of drug-likeness (QED) is 0.926. The predicted octanol–water partition coefficient (Wildman–Crippen LogP) is 1.98. The third-order valence-corrected chi connectivity index (χ3v) is 3.55. The maximum Gasteiger partial charge on any atom is 0.335 e. The smallest absolute Gasteiger partial charge is 0.335 e. The third kappa shape index (κ3) is 3.33. The van der Waals surface area contributed by atoms with Gasteiger partial charge in [0.2, 0.25) is 5.88 Å². The predicted molar refractivity (Wildman–Crippen MR) is 70.8 cm³/mol. The van der Waals surface area contributed by atoms with Gasteiger partial charge in [0, 0.05) is 18.5 Å². The first-order valence-electron chi connectivity index (χ1n) is 5.53. The van der Waals surface area contributed by atoms with Crippen molar-refractivity contribution in [3.63, 3.8) is 0 Å². The molecule has 1 heterocycles. The van der Waals surface area contributed by atoms with E-state index in [2.05, 4.69) is 4.98 Å². The zero-order valence-electron chi connectivity index (χ0n) is 10.5. The summed E-state index contributed by atoms with van der Waals surface area (Å²) in [5, 5.41) is 8.86. The van der Waals surface area contributed by atoms with E-state index < -0.39 is 15.8 Å². The number of aromatic carboxylic acids is 1. The monoisotopic (exact) mass is 293 g/mol. The van der Waals surface area contributed by atoms with Gasteiger partial charge in [-0.2, -0.15) is 0 Å². The maximum absolute atomic E-state index is 11.4. The molecule has 1 N–H and O–H groups in total. The Hall–Kier alpha value is -2.41. The number of pyridine rings is 1. The molecule has 6 nitrogen and oxygen atoms in total. The van der Waals surface area contributed by atoms with Crippen molar-refractivity contribution in [3.05, 3.63) is 48.2 Å². The molecule has 0 aliphatic carbocycles. The van der Waals surface area contributed by atoms with Crippen LogP contribution in [0, 0.1) is 0 Å². The topological polar surface area (TPSA) is 93.6 Å². The van der Waals surface area contributed by atoms with Crippen LogP contribution in [0.2, 0.25) is 0 Å². The molecule has 0 fully saturated rings. The van der Waals surface area contributed by atoms with Gasteiger partial charge in [0.1, 0.15) is 5.75 Å². The standard InChI is InChI=1S/C13H11NO5S/c1-20(17,18)11-4-2-3-10(8-11)19-12-7-9(13(15)16)5-6-14-12/h2-8H,1H3,(H,15,16). The molecule has 0 aliphatic heterocycles. The summed E-state index contributed by atoms with van der Waals surface area (Å²) in [5.41, 5.74) is 0.0364. The minimum Gasteiger partial charge on any atom is -0.478 e. The van der Waals surface area contributed by atoms with Crippen LogP contribution in [0.15, 0.2) is 47.5 Å². The van der Waals surface area contributed by atoms with Gasteiger partial charge in [-0.1, -0.05) is 6.07 Å². The molecule has 2 aromatic rings. The van der Waals surface area contributed by atoms with Crippen LogP contribution in [0.4, 0.5) is 0 Å². The molecule has 0 spiro atoms. The molecule has 0 aliphatic rings. The summed E-state index contributed by atoms with van der Waals surface area (Å²) in [6.45, 7) is 0. The van der Waals surface area contributed by atoms with Gasteiger partial charge in [-0.3, -0.25) is 0 Å². The van der Waals surface area contributed by atoms with Crippen LogP contribution in [0.1, 0.15) is 10.4 Å². The molecule has 1 aromatic carbocycles. The molecule has 0 amide bonds. The third-order valence-electron chi connectivity index (χ3n) is 2.44. The molecular weight excluding hydrogens is 282 g/mol. The van der Waals surface area contributed by atoms with Crippen LogP contribution < -0.4 is 4.74 Å². The number of benzene rings is 1. The Bertz CT molecular complexity index is 755. The van der Waals surface area contributed by atoms with Crippen LogP contribution in [-0.2, 0) is 9.84 Å². The van der Waals surface area contributed by atoms with E-state index in [1.807, 2.05) is 0 Å². The van der Waals surface area contributed by atoms with Gasteiger partial charge < -0.3 is 9.84 Å². The molecule has 0 radical (unpaired) electrons. The zero-order valence-corrected chi connectivity index (χ0v) is 11.3. The molecule has 0 saturated heterocycles. The highest BCUT2D eigenvalue weighted by molar-refractivity contribution is 7.90. The maximum atomic E-state index is 11.4. The van der Waals surface area contributed by atoms with Crippen LogP contribution in [0.5, 0.6) is 11.6 Å². The van der Waals surface area contributed by atoms with Crippen molar-refractivity contribution >= 4 is 15.8 Å². The van der Waals surface area contributed by atoms with Crippen molar-refractivity contribution in [2.45, 2.75) is 4.90 Å². The number of ether oxygens (including phenoxy) is 1. The molecular formula is C13H11NO5S. The lowest BCUT2D eigenvalue weighted by Crippen LogP contribution is -1.99. The van der Waals surface area contributed by atoms with E-state index in [0.717, 1.165) is 6.26 Å². The Kier molecular flexibility index (Phi) is 3.71. The van der Waals surface area contributed by atoms with E-state index in [9.17, 15) is 13.2 Å². The lowest BCUT2D eigenvalue weighted by atomic mass is 10.3. The average molecular weight is 293 g/mol. The number of carboxylic acids is 1. The summed E-state index contributed by atoms with van der Waals surface area (Å²) in [7, 11) is -3.33. The molecule has 0 bridgehead atoms. The summed E-state index contributed by atoms with van der Waals surface area (Å²) >= 11 is 0. The number of aromatic nitrogens is 1. The highest BCUT2D eigenvalue weighted by Gasteiger charge is 2.10. The van der Waals surface area contributed by atoms with Crippen molar-refractivity contribution in [1.82, 2.24) is 4.98 Å². The van der Waals surface area contributed by atoms with Gasteiger partial charge in [0.25, 0.3) is 0 Å². The Morgan fingerprint density at radius 2 is 2.00 bits per heavy atom. The Morgan fingerprint density at radius 3 is 2.65 bits per heavy atom. The van der Waals surface area contributed by atoms with Crippen molar-refractivity contribution in [2.24, 2.45) is 0 Å². The lowest BCUT2D eigenvalue weighted by molar-refractivity contribution is 0.0696. The molecule has 20 heavy (non-hydrogen) atoms. The highest BCUT2D eigenvalue weighted by atomic mass is 32.2.